The average molecular weight is 1140 g/mol. The maximum absolute atomic E-state index is 12.5. The molecule has 0 aliphatic carbocycles. The predicted octanol–water partition coefficient (Wildman–Crippen LogP) is 24.1. The lowest BCUT2D eigenvalue weighted by atomic mass is 10.0. The molecule has 0 fully saturated rings. The fourth-order valence-corrected chi connectivity index (χ4v) is 11.8. The molecule has 0 saturated heterocycles. The minimum atomic E-state index is -0.844. The molecule has 480 valence electrons. The Morgan fingerprint density at radius 3 is 0.877 bits per heavy atom. The summed E-state index contributed by atoms with van der Waals surface area (Å²) in [5.41, 5.74) is 0. The van der Waals surface area contributed by atoms with Crippen molar-refractivity contribution in [3.05, 3.63) is 24.3 Å². The van der Waals surface area contributed by atoms with Crippen molar-refractivity contribution in [1.82, 2.24) is 5.32 Å². The predicted molar refractivity (Wildman–Crippen MR) is 356 cm³/mol. The Balaban J connectivity index is 3.38. The van der Waals surface area contributed by atoms with E-state index in [2.05, 4.69) is 31.3 Å². The number of carbonyl (C=O) groups is 2. The second-order valence-corrected chi connectivity index (χ2v) is 25.6. The summed E-state index contributed by atoms with van der Waals surface area (Å²) in [4.78, 5) is 24.6. The summed E-state index contributed by atoms with van der Waals surface area (Å²) >= 11 is 0. The van der Waals surface area contributed by atoms with Crippen LogP contribution in [0.3, 0.4) is 0 Å². The summed E-state index contributed by atoms with van der Waals surface area (Å²) < 4.78 is 5.50. The molecule has 0 aliphatic heterocycles. The first-order chi connectivity index (χ1) is 40.0. The number of ether oxygens (including phenoxy) is 1. The average Bonchev–Trinajstić information content (AvgIpc) is 3.47. The van der Waals surface area contributed by atoms with Crippen molar-refractivity contribution in [2.45, 2.75) is 431 Å². The van der Waals surface area contributed by atoms with Crippen LogP contribution in [0, 0.1) is 0 Å². The molecule has 0 aromatic rings. The van der Waals surface area contributed by atoms with Crippen molar-refractivity contribution < 1.29 is 24.5 Å². The summed E-state index contributed by atoms with van der Waals surface area (Å²) in [6.45, 7) is 4.95. The monoisotopic (exact) mass is 1140 g/mol. The van der Waals surface area contributed by atoms with Gasteiger partial charge in [-0.25, -0.2) is 0 Å². The highest BCUT2D eigenvalue weighted by Gasteiger charge is 2.18. The molecule has 6 heteroatoms. The molecular formula is C75H145NO5. The zero-order valence-corrected chi connectivity index (χ0v) is 55.0. The minimum absolute atomic E-state index is 0.0199. The van der Waals surface area contributed by atoms with Crippen LogP contribution >= 0.6 is 0 Å². The number of aliphatic hydroxyl groups is 2. The zero-order chi connectivity index (χ0) is 58.5. The maximum atomic E-state index is 12.5. The molecule has 0 aliphatic rings. The van der Waals surface area contributed by atoms with Gasteiger partial charge < -0.3 is 20.3 Å². The fourth-order valence-electron chi connectivity index (χ4n) is 11.8. The minimum Gasteiger partial charge on any atom is -0.466 e. The molecule has 0 saturated carbocycles. The number of rotatable bonds is 70. The van der Waals surface area contributed by atoms with Gasteiger partial charge in [-0.2, -0.15) is 0 Å². The van der Waals surface area contributed by atoms with E-state index < -0.39 is 12.1 Å². The van der Waals surface area contributed by atoms with Gasteiger partial charge in [0.15, 0.2) is 0 Å². The van der Waals surface area contributed by atoms with E-state index in [1.165, 1.54) is 353 Å². The van der Waals surface area contributed by atoms with E-state index in [1.54, 1.807) is 6.08 Å². The standard InChI is InChI=1S/C75H145NO5/c1-3-5-7-9-11-13-15-17-19-20-21-34-37-40-43-47-51-55-59-63-67-73(78)72(71-77)76-74(79)68-64-60-56-52-48-44-41-38-35-32-30-28-26-24-22-23-25-27-29-31-33-36-39-42-46-50-54-58-62-66-70-81-75(80)69-65-61-57-53-49-45-18-16-14-12-10-8-6-4-2/h23,25,63,67,72-73,77-78H,3-22,24,26-62,64-66,68-71H2,1-2H3,(H,76,79)/b25-23-,67-63+. The van der Waals surface area contributed by atoms with E-state index in [9.17, 15) is 19.8 Å². The van der Waals surface area contributed by atoms with Gasteiger partial charge in [-0.1, -0.05) is 372 Å². The summed E-state index contributed by atoms with van der Waals surface area (Å²) in [7, 11) is 0. The van der Waals surface area contributed by atoms with Crippen molar-refractivity contribution in [3.63, 3.8) is 0 Å². The SMILES string of the molecule is CCCCCCCCCCCCCCCCCCCC/C=C/C(O)C(CO)NC(=O)CCCCCCCCCCCCCCCC/C=C\CCCCCCCCCCCCCCOC(=O)CCCCCCCCCCCCCCCC. The van der Waals surface area contributed by atoms with Crippen molar-refractivity contribution >= 4 is 11.9 Å². The molecule has 3 N–H and O–H groups in total. The number of nitrogens with one attached hydrogen (secondary N) is 1. The second-order valence-electron chi connectivity index (χ2n) is 25.6. The Labute approximate surface area is 507 Å². The van der Waals surface area contributed by atoms with Gasteiger partial charge in [-0.3, -0.25) is 9.59 Å². The van der Waals surface area contributed by atoms with Crippen molar-refractivity contribution in [2.24, 2.45) is 0 Å². The van der Waals surface area contributed by atoms with Crippen LogP contribution in [0.15, 0.2) is 24.3 Å². The van der Waals surface area contributed by atoms with Crippen LogP contribution in [0.1, 0.15) is 418 Å². The number of hydrogen-bond acceptors (Lipinski definition) is 5. The number of aliphatic hydroxyl groups excluding tert-OH is 2. The number of esters is 1. The van der Waals surface area contributed by atoms with E-state index in [-0.39, 0.29) is 18.5 Å². The van der Waals surface area contributed by atoms with Crippen molar-refractivity contribution in [1.29, 1.82) is 0 Å². The Morgan fingerprint density at radius 1 is 0.333 bits per heavy atom. The van der Waals surface area contributed by atoms with Gasteiger partial charge in [0, 0.05) is 12.8 Å². The van der Waals surface area contributed by atoms with Gasteiger partial charge in [-0.05, 0) is 57.8 Å². The van der Waals surface area contributed by atoms with Crippen LogP contribution in [0.4, 0.5) is 0 Å². The van der Waals surface area contributed by atoms with Crippen molar-refractivity contribution in [2.75, 3.05) is 13.2 Å². The Morgan fingerprint density at radius 2 is 0.580 bits per heavy atom. The molecular weight excluding hydrogens is 995 g/mol. The molecule has 1 amide bonds. The highest BCUT2D eigenvalue weighted by molar-refractivity contribution is 5.76. The quantitative estimate of drug-likeness (QED) is 0.0320. The third-order valence-electron chi connectivity index (χ3n) is 17.5. The first kappa shape index (κ1) is 79.3. The molecule has 0 aromatic heterocycles. The van der Waals surface area contributed by atoms with E-state index in [0.29, 0.717) is 19.4 Å². The molecule has 2 unspecified atom stereocenters. The fraction of sp³-hybridized carbons (Fsp3) is 0.920. The number of unbranched alkanes of at least 4 members (excludes halogenated alkanes) is 57. The number of allylic oxidation sites excluding steroid dienone is 3. The van der Waals surface area contributed by atoms with Gasteiger partial charge in [0.25, 0.3) is 0 Å². The molecule has 0 rings (SSSR count). The number of amides is 1. The van der Waals surface area contributed by atoms with Gasteiger partial charge in [0.2, 0.25) is 5.91 Å². The van der Waals surface area contributed by atoms with Crippen LogP contribution in [-0.4, -0.2) is 47.4 Å². The summed E-state index contributed by atoms with van der Waals surface area (Å²) in [5, 5.41) is 23.3. The Kier molecular flexibility index (Phi) is 69.4. The van der Waals surface area contributed by atoms with Gasteiger partial charge in [0.05, 0.1) is 25.4 Å². The molecule has 0 radical (unpaired) electrons. The lowest BCUT2D eigenvalue weighted by Gasteiger charge is -2.20. The third kappa shape index (κ3) is 67.3. The highest BCUT2D eigenvalue weighted by atomic mass is 16.5. The molecule has 0 heterocycles. The normalized spacial score (nSPS) is 12.6. The number of carbonyl (C=O) groups excluding carboxylic acids is 2. The van der Waals surface area contributed by atoms with Gasteiger partial charge in [-0.15, -0.1) is 0 Å². The first-order valence-corrected chi connectivity index (χ1v) is 37.1. The molecule has 0 spiro atoms. The summed E-state index contributed by atoms with van der Waals surface area (Å²) in [6, 6.07) is -0.627. The van der Waals surface area contributed by atoms with E-state index in [0.717, 1.165) is 38.5 Å². The van der Waals surface area contributed by atoms with E-state index >= 15 is 0 Å². The van der Waals surface area contributed by atoms with Crippen LogP contribution in [-0.2, 0) is 14.3 Å². The van der Waals surface area contributed by atoms with E-state index in [4.69, 9.17) is 4.74 Å². The smallest absolute Gasteiger partial charge is 0.305 e. The highest BCUT2D eigenvalue weighted by Crippen LogP contribution is 2.19. The Bertz CT molecular complexity index is 1270. The van der Waals surface area contributed by atoms with Crippen LogP contribution in [0.2, 0.25) is 0 Å². The molecule has 6 nitrogen and oxygen atoms in total. The summed E-state index contributed by atoms with van der Waals surface area (Å²) in [5.74, 6) is -0.0424. The second kappa shape index (κ2) is 70.8. The van der Waals surface area contributed by atoms with Crippen LogP contribution < -0.4 is 5.32 Å². The largest absolute Gasteiger partial charge is 0.466 e. The first-order valence-electron chi connectivity index (χ1n) is 37.1. The maximum Gasteiger partial charge on any atom is 0.305 e. The molecule has 81 heavy (non-hydrogen) atoms. The number of hydrogen-bond donors (Lipinski definition) is 3. The lowest BCUT2D eigenvalue weighted by molar-refractivity contribution is -0.143. The van der Waals surface area contributed by atoms with Gasteiger partial charge >= 0.3 is 5.97 Å². The topological polar surface area (TPSA) is 95.9 Å². The van der Waals surface area contributed by atoms with Crippen LogP contribution in [0.5, 0.6) is 0 Å². The molecule has 2 atom stereocenters. The van der Waals surface area contributed by atoms with Gasteiger partial charge in [0.1, 0.15) is 0 Å². The molecule has 0 bridgehead atoms. The van der Waals surface area contributed by atoms with E-state index in [1.807, 2.05) is 6.08 Å². The third-order valence-corrected chi connectivity index (χ3v) is 17.5. The molecule has 0 aromatic carbocycles. The summed E-state index contributed by atoms with van der Waals surface area (Å²) in [6.07, 6.45) is 89.9. The lowest BCUT2D eigenvalue weighted by Crippen LogP contribution is -2.45. The van der Waals surface area contributed by atoms with Crippen molar-refractivity contribution in [3.8, 4) is 0 Å². The van der Waals surface area contributed by atoms with Crippen LogP contribution in [0.25, 0.3) is 0 Å². The Hall–Kier alpha value is -1.66. The zero-order valence-electron chi connectivity index (χ0n) is 55.0.